The minimum Gasteiger partial charge on any atom is -0.366 e. The van der Waals surface area contributed by atoms with Crippen molar-refractivity contribution < 1.29 is 4.79 Å². The molecule has 90 valence electrons. The summed E-state index contributed by atoms with van der Waals surface area (Å²) in [5.74, 6) is -0.460. The number of rotatable bonds is 3. The molecule has 0 atom stereocenters. The number of nitrogens with zero attached hydrogens (tertiary/aromatic N) is 1. The molecule has 18 heavy (non-hydrogen) atoms. The molecule has 0 radical (unpaired) electrons. The van der Waals surface area contributed by atoms with Crippen LogP contribution in [0.1, 0.15) is 15.9 Å². The van der Waals surface area contributed by atoms with Gasteiger partial charge < -0.3 is 5.73 Å². The molecule has 0 saturated heterocycles. The number of halogens is 1. The minimum atomic E-state index is -0.460. The van der Waals surface area contributed by atoms with Crippen molar-refractivity contribution in [2.24, 2.45) is 10.7 Å². The normalized spacial score (nSPS) is 10.7. The Morgan fingerprint density at radius 2 is 1.89 bits per heavy atom. The molecule has 0 spiro atoms. The lowest BCUT2D eigenvalue weighted by molar-refractivity contribution is 0.100. The summed E-state index contributed by atoms with van der Waals surface area (Å²) in [6.45, 7) is 0. The number of aliphatic imine (C=N–C) groups is 1. The molecule has 0 fully saturated rings. The zero-order chi connectivity index (χ0) is 13.0. The van der Waals surface area contributed by atoms with Crippen molar-refractivity contribution in [2.45, 2.75) is 0 Å². The molecular formula is C14H11ClN2O. The van der Waals surface area contributed by atoms with Gasteiger partial charge in [0.05, 0.1) is 5.69 Å². The first kappa shape index (κ1) is 12.3. The van der Waals surface area contributed by atoms with Crippen molar-refractivity contribution in [3.63, 3.8) is 0 Å². The van der Waals surface area contributed by atoms with Gasteiger partial charge in [-0.2, -0.15) is 0 Å². The molecule has 0 unspecified atom stereocenters. The highest BCUT2D eigenvalue weighted by atomic mass is 35.5. The fraction of sp³-hybridized carbons (Fsp3) is 0. The van der Waals surface area contributed by atoms with Gasteiger partial charge in [0, 0.05) is 16.8 Å². The van der Waals surface area contributed by atoms with Crippen LogP contribution in [0.5, 0.6) is 0 Å². The molecule has 0 bridgehead atoms. The lowest BCUT2D eigenvalue weighted by Gasteiger charge is -1.97. The molecule has 2 rings (SSSR count). The molecule has 3 nitrogen and oxygen atoms in total. The topological polar surface area (TPSA) is 55.5 Å². The van der Waals surface area contributed by atoms with Crippen LogP contribution >= 0.6 is 11.6 Å². The Morgan fingerprint density at radius 3 is 2.56 bits per heavy atom. The molecule has 2 N–H and O–H groups in total. The lowest BCUT2D eigenvalue weighted by Crippen LogP contribution is -2.10. The summed E-state index contributed by atoms with van der Waals surface area (Å²) in [6.07, 6.45) is 1.70. The van der Waals surface area contributed by atoms with E-state index in [-0.39, 0.29) is 0 Å². The molecule has 0 aliphatic carbocycles. The molecule has 2 aromatic carbocycles. The first-order valence-electron chi connectivity index (χ1n) is 5.34. The zero-order valence-corrected chi connectivity index (χ0v) is 10.3. The van der Waals surface area contributed by atoms with Gasteiger partial charge in [0.2, 0.25) is 5.91 Å². The smallest absolute Gasteiger partial charge is 0.248 e. The van der Waals surface area contributed by atoms with E-state index >= 15 is 0 Å². The third kappa shape index (κ3) is 3.18. The number of carbonyl (C=O) groups is 1. The minimum absolute atomic E-state index is 0.445. The molecule has 2 aromatic rings. The average Bonchev–Trinajstić information content (AvgIpc) is 2.38. The first-order chi connectivity index (χ1) is 8.65. The summed E-state index contributed by atoms with van der Waals surface area (Å²) in [7, 11) is 0. The number of hydrogen-bond donors (Lipinski definition) is 1. The van der Waals surface area contributed by atoms with E-state index in [0.29, 0.717) is 16.3 Å². The van der Waals surface area contributed by atoms with Crippen LogP contribution in [0.2, 0.25) is 5.02 Å². The highest BCUT2D eigenvalue weighted by molar-refractivity contribution is 6.30. The van der Waals surface area contributed by atoms with Crippen molar-refractivity contribution in [1.82, 2.24) is 0 Å². The second kappa shape index (κ2) is 5.47. The average molecular weight is 259 g/mol. The number of nitrogens with two attached hydrogens (primary N) is 1. The lowest BCUT2D eigenvalue weighted by atomic mass is 10.2. The van der Waals surface area contributed by atoms with Crippen LogP contribution in [0.15, 0.2) is 53.5 Å². The van der Waals surface area contributed by atoms with E-state index in [4.69, 9.17) is 17.3 Å². The van der Waals surface area contributed by atoms with Crippen LogP contribution in [-0.2, 0) is 0 Å². The Kier molecular flexibility index (Phi) is 3.75. The standard InChI is InChI=1S/C14H11ClN2O/c15-12-6-4-10(5-7-12)9-17-13-3-1-2-11(8-13)14(16)18/h1-9H,(H2,16,18). The second-order valence-corrected chi connectivity index (χ2v) is 4.16. The van der Waals surface area contributed by atoms with Crippen LogP contribution in [0, 0.1) is 0 Å². The third-order valence-electron chi connectivity index (χ3n) is 2.36. The van der Waals surface area contributed by atoms with Crippen molar-refractivity contribution >= 4 is 29.4 Å². The van der Waals surface area contributed by atoms with Gasteiger partial charge in [0.25, 0.3) is 0 Å². The number of hydrogen-bond acceptors (Lipinski definition) is 2. The van der Waals surface area contributed by atoms with Gasteiger partial charge in [0.15, 0.2) is 0 Å². The molecule has 0 aromatic heterocycles. The maximum atomic E-state index is 11.0. The molecular weight excluding hydrogens is 248 g/mol. The Hall–Kier alpha value is -2.13. The largest absolute Gasteiger partial charge is 0.366 e. The van der Waals surface area contributed by atoms with Crippen molar-refractivity contribution in [2.75, 3.05) is 0 Å². The fourth-order valence-corrected chi connectivity index (χ4v) is 1.56. The predicted octanol–water partition coefficient (Wildman–Crippen LogP) is 3.19. The molecule has 0 saturated carbocycles. The first-order valence-corrected chi connectivity index (χ1v) is 5.72. The summed E-state index contributed by atoms with van der Waals surface area (Å²) >= 11 is 5.79. The SMILES string of the molecule is NC(=O)c1cccc(N=Cc2ccc(Cl)cc2)c1. The Balaban J connectivity index is 2.20. The summed E-state index contributed by atoms with van der Waals surface area (Å²) < 4.78 is 0. The van der Waals surface area contributed by atoms with Crippen molar-refractivity contribution in [3.8, 4) is 0 Å². The second-order valence-electron chi connectivity index (χ2n) is 3.72. The summed E-state index contributed by atoms with van der Waals surface area (Å²) in [5, 5.41) is 0.683. The Morgan fingerprint density at radius 1 is 1.17 bits per heavy atom. The van der Waals surface area contributed by atoms with Crippen molar-refractivity contribution in [3.05, 3.63) is 64.7 Å². The molecule has 0 aliphatic heterocycles. The van der Waals surface area contributed by atoms with E-state index in [0.717, 1.165) is 5.56 Å². The van der Waals surface area contributed by atoms with E-state index in [9.17, 15) is 4.79 Å². The third-order valence-corrected chi connectivity index (χ3v) is 2.62. The van der Waals surface area contributed by atoms with Gasteiger partial charge in [-0.15, -0.1) is 0 Å². The maximum absolute atomic E-state index is 11.0. The van der Waals surface area contributed by atoms with E-state index in [1.807, 2.05) is 12.1 Å². The summed E-state index contributed by atoms with van der Waals surface area (Å²) in [6, 6.07) is 14.2. The highest BCUT2D eigenvalue weighted by Gasteiger charge is 1.99. The predicted molar refractivity (Wildman–Crippen MR) is 73.7 cm³/mol. The zero-order valence-electron chi connectivity index (χ0n) is 9.51. The molecule has 0 aliphatic rings. The number of benzene rings is 2. The molecule has 0 heterocycles. The van der Waals surface area contributed by atoms with E-state index in [1.54, 1.807) is 42.6 Å². The van der Waals surface area contributed by atoms with Crippen LogP contribution in [0.25, 0.3) is 0 Å². The van der Waals surface area contributed by atoms with Crippen LogP contribution < -0.4 is 5.73 Å². The van der Waals surface area contributed by atoms with Gasteiger partial charge in [-0.25, -0.2) is 0 Å². The van der Waals surface area contributed by atoms with Crippen molar-refractivity contribution in [1.29, 1.82) is 0 Å². The van der Waals surface area contributed by atoms with Crippen LogP contribution in [0.4, 0.5) is 5.69 Å². The molecule has 4 heteroatoms. The fourth-order valence-electron chi connectivity index (χ4n) is 1.44. The van der Waals surface area contributed by atoms with Gasteiger partial charge >= 0.3 is 0 Å². The van der Waals surface area contributed by atoms with Gasteiger partial charge in [0.1, 0.15) is 0 Å². The number of primary amides is 1. The van der Waals surface area contributed by atoms with E-state index in [1.165, 1.54) is 0 Å². The maximum Gasteiger partial charge on any atom is 0.248 e. The quantitative estimate of drug-likeness (QED) is 0.845. The van der Waals surface area contributed by atoms with Crippen LogP contribution in [0.3, 0.4) is 0 Å². The number of amides is 1. The van der Waals surface area contributed by atoms with Gasteiger partial charge in [-0.3, -0.25) is 9.79 Å². The van der Waals surface area contributed by atoms with E-state index < -0.39 is 5.91 Å². The van der Waals surface area contributed by atoms with Gasteiger partial charge in [-0.1, -0.05) is 29.8 Å². The highest BCUT2D eigenvalue weighted by Crippen LogP contribution is 2.14. The Bertz CT molecular complexity index is 591. The van der Waals surface area contributed by atoms with E-state index in [2.05, 4.69) is 4.99 Å². The van der Waals surface area contributed by atoms with Crippen LogP contribution in [-0.4, -0.2) is 12.1 Å². The monoisotopic (exact) mass is 258 g/mol. The summed E-state index contributed by atoms with van der Waals surface area (Å²) in [4.78, 5) is 15.3. The number of carbonyl (C=O) groups excluding carboxylic acids is 1. The Labute approximate surface area is 110 Å². The summed E-state index contributed by atoms with van der Waals surface area (Å²) in [5.41, 5.74) is 7.26. The molecule has 1 amide bonds. The van der Waals surface area contributed by atoms with Gasteiger partial charge in [-0.05, 0) is 35.9 Å².